The minimum atomic E-state index is -0.357. The van der Waals surface area contributed by atoms with Crippen molar-refractivity contribution in [3.8, 4) is 0 Å². The molecular formula is C10H13BrN2O2. The van der Waals surface area contributed by atoms with Gasteiger partial charge in [-0.3, -0.25) is 10.1 Å². The van der Waals surface area contributed by atoms with E-state index in [0.717, 1.165) is 4.47 Å². The highest BCUT2D eigenvalue weighted by atomic mass is 79.9. The van der Waals surface area contributed by atoms with Crippen LogP contribution in [0.3, 0.4) is 0 Å². The quantitative estimate of drug-likeness (QED) is 0.678. The molecule has 0 radical (unpaired) electrons. The normalized spacial score (nSPS) is 10.7. The van der Waals surface area contributed by atoms with Gasteiger partial charge in [-0.2, -0.15) is 0 Å². The van der Waals surface area contributed by atoms with E-state index < -0.39 is 0 Å². The highest BCUT2D eigenvalue weighted by Crippen LogP contribution is 2.22. The molecule has 0 aromatic heterocycles. The Kier molecular flexibility index (Phi) is 4.23. The summed E-state index contributed by atoms with van der Waals surface area (Å²) in [5.41, 5.74) is 0.856. The van der Waals surface area contributed by atoms with Gasteiger partial charge in [0.05, 0.1) is 4.92 Å². The number of benzene rings is 1. The average Bonchev–Trinajstić information content (AvgIpc) is 2.14. The van der Waals surface area contributed by atoms with E-state index in [1.165, 1.54) is 6.07 Å². The van der Waals surface area contributed by atoms with Gasteiger partial charge >= 0.3 is 0 Å². The first-order chi connectivity index (χ1) is 7.00. The van der Waals surface area contributed by atoms with E-state index in [2.05, 4.69) is 21.2 Å². The van der Waals surface area contributed by atoms with Gasteiger partial charge in [0.2, 0.25) is 0 Å². The molecule has 0 heterocycles. The summed E-state index contributed by atoms with van der Waals surface area (Å²) in [7, 11) is 0. The highest BCUT2D eigenvalue weighted by Gasteiger charge is 2.13. The summed E-state index contributed by atoms with van der Waals surface area (Å²) in [6.45, 7) is 4.51. The summed E-state index contributed by atoms with van der Waals surface area (Å²) >= 11 is 3.30. The lowest BCUT2D eigenvalue weighted by molar-refractivity contribution is -0.385. The van der Waals surface area contributed by atoms with Crippen molar-refractivity contribution in [2.45, 2.75) is 26.4 Å². The van der Waals surface area contributed by atoms with Crippen LogP contribution in [-0.2, 0) is 6.54 Å². The molecule has 0 aliphatic rings. The number of nitrogens with zero attached hydrogens (tertiary/aromatic N) is 1. The summed E-state index contributed by atoms with van der Waals surface area (Å²) in [5.74, 6) is 0. The van der Waals surface area contributed by atoms with Crippen LogP contribution in [-0.4, -0.2) is 11.0 Å². The molecule has 0 aliphatic carbocycles. The zero-order valence-corrected chi connectivity index (χ0v) is 10.2. The molecule has 4 nitrogen and oxygen atoms in total. The Bertz CT molecular complexity index is 366. The molecule has 15 heavy (non-hydrogen) atoms. The van der Waals surface area contributed by atoms with Crippen molar-refractivity contribution < 1.29 is 4.92 Å². The van der Waals surface area contributed by atoms with Crippen LogP contribution in [0.4, 0.5) is 5.69 Å². The first-order valence-corrected chi connectivity index (χ1v) is 5.46. The topological polar surface area (TPSA) is 55.2 Å². The second-order valence-electron chi connectivity index (χ2n) is 3.57. The number of hydrogen-bond donors (Lipinski definition) is 1. The molecule has 1 N–H and O–H groups in total. The third-order valence-electron chi connectivity index (χ3n) is 1.94. The lowest BCUT2D eigenvalue weighted by atomic mass is 10.1. The molecule has 0 aliphatic heterocycles. The second kappa shape index (κ2) is 5.23. The van der Waals surface area contributed by atoms with Crippen LogP contribution < -0.4 is 5.32 Å². The average molecular weight is 273 g/mol. The van der Waals surface area contributed by atoms with Crippen LogP contribution in [0, 0.1) is 10.1 Å². The fraction of sp³-hybridized carbons (Fsp3) is 0.400. The third-order valence-corrected chi connectivity index (χ3v) is 2.43. The molecule has 0 saturated heterocycles. The standard InChI is InChI=1S/C10H13BrN2O2/c1-7(2)12-6-8-5-9(11)3-4-10(8)13(14)15/h3-5,7,12H,6H2,1-2H3. The van der Waals surface area contributed by atoms with E-state index in [0.29, 0.717) is 18.2 Å². The maximum atomic E-state index is 10.7. The van der Waals surface area contributed by atoms with E-state index in [4.69, 9.17) is 0 Å². The monoisotopic (exact) mass is 272 g/mol. The Morgan fingerprint density at radius 2 is 2.20 bits per heavy atom. The van der Waals surface area contributed by atoms with Gasteiger partial charge < -0.3 is 5.32 Å². The SMILES string of the molecule is CC(C)NCc1cc(Br)ccc1[N+](=O)[O-]. The van der Waals surface area contributed by atoms with E-state index in [1.807, 2.05) is 13.8 Å². The molecular weight excluding hydrogens is 260 g/mol. The van der Waals surface area contributed by atoms with Crippen LogP contribution in [0.5, 0.6) is 0 Å². The minimum absolute atomic E-state index is 0.159. The van der Waals surface area contributed by atoms with Crippen LogP contribution in [0.2, 0.25) is 0 Å². The summed E-state index contributed by atoms with van der Waals surface area (Å²) < 4.78 is 0.855. The van der Waals surface area contributed by atoms with Crippen molar-refractivity contribution in [2.24, 2.45) is 0 Å². The Balaban J connectivity index is 2.92. The van der Waals surface area contributed by atoms with Crippen molar-refractivity contribution in [3.63, 3.8) is 0 Å². The molecule has 5 heteroatoms. The fourth-order valence-electron chi connectivity index (χ4n) is 1.19. The highest BCUT2D eigenvalue weighted by molar-refractivity contribution is 9.10. The molecule has 82 valence electrons. The zero-order valence-electron chi connectivity index (χ0n) is 8.66. The van der Waals surface area contributed by atoms with Crippen molar-refractivity contribution in [1.82, 2.24) is 5.32 Å². The summed E-state index contributed by atoms with van der Waals surface area (Å²) in [6.07, 6.45) is 0. The van der Waals surface area contributed by atoms with Gasteiger partial charge in [-0.25, -0.2) is 0 Å². The maximum absolute atomic E-state index is 10.7. The van der Waals surface area contributed by atoms with E-state index >= 15 is 0 Å². The number of nitro benzene ring substituents is 1. The van der Waals surface area contributed by atoms with E-state index in [1.54, 1.807) is 12.1 Å². The maximum Gasteiger partial charge on any atom is 0.273 e. The number of nitrogens with one attached hydrogen (secondary N) is 1. The summed E-state index contributed by atoms with van der Waals surface area (Å²) in [4.78, 5) is 10.4. The molecule has 0 fully saturated rings. The first-order valence-electron chi connectivity index (χ1n) is 4.67. The molecule has 1 aromatic carbocycles. The second-order valence-corrected chi connectivity index (χ2v) is 4.48. The third kappa shape index (κ3) is 3.60. The molecule has 0 saturated carbocycles. The van der Waals surface area contributed by atoms with Crippen molar-refractivity contribution >= 4 is 21.6 Å². The van der Waals surface area contributed by atoms with Crippen LogP contribution in [0.25, 0.3) is 0 Å². The number of rotatable bonds is 4. The Morgan fingerprint density at radius 1 is 1.53 bits per heavy atom. The van der Waals surface area contributed by atoms with Gasteiger partial charge in [0.1, 0.15) is 0 Å². The predicted octanol–water partition coefficient (Wildman–Crippen LogP) is 2.86. The summed E-state index contributed by atoms with van der Waals surface area (Å²) in [5, 5.41) is 13.9. The molecule has 1 aromatic rings. The van der Waals surface area contributed by atoms with Crippen molar-refractivity contribution in [3.05, 3.63) is 38.3 Å². The lowest BCUT2D eigenvalue weighted by Crippen LogP contribution is -2.22. The zero-order chi connectivity index (χ0) is 11.4. The molecule has 0 spiro atoms. The lowest BCUT2D eigenvalue weighted by Gasteiger charge is -2.08. The molecule has 0 unspecified atom stereocenters. The van der Waals surface area contributed by atoms with Gasteiger partial charge in [-0.05, 0) is 12.1 Å². The molecule has 0 amide bonds. The predicted molar refractivity (Wildman–Crippen MR) is 62.8 cm³/mol. The molecule has 1 rings (SSSR count). The fourth-order valence-corrected chi connectivity index (χ4v) is 1.60. The van der Waals surface area contributed by atoms with Crippen LogP contribution in [0.1, 0.15) is 19.4 Å². The first kappa shape index (κ1) is 12.1. The van der Waals surface area contributed by atoms with Crippen molar-refractivity contribution in [1.29, 1.82) is 0 Å². The van der Waals surface area contributed by atoms with Crippen LogP contribution in [0.15, 0.2) is 22.7 Å². The van der Waals surface area contributed by atoms with Gasteiger partial charge in [-0.1, -0.05) is 29.8 Å². The van der Waals surface area contributed by atoms with Gasteiger partial charge in [-0.15, -0.1) is 0 Å². The Hall–Kier alpha value is -0.940. The smallest absolute Gasteiger partial charge is 0.273 e. The minimum Gasteiger partial charge on any atom is -0.310 e. The molecule has 0 atom stereocenters. The number of nitro groups is 1. The largest absolute Gasteiger partial charge is 0.310 e. The van der Waals surface area contributed by atoms with Gasteiger partial charge in [0, 0.05) is 28.7 Å². The van der Waals surface area contributed by atoms with Gasteiger partial charge in [0.25, 0.3) is 5.69 Å². The Labute approximate surface area is 97.0 Å². The Morgan fingerprint density at radius 3 is 2.73 bits per heavy atom. The van der Waals surface area contributed by atoms with Gasteiger partial charge in [0.15, 0.2) is 0 Å². The molecule has 0 bridgehead atoms. The number of hydrogen-bond acceptors (Lipinski definition) is 3. The van der Waals surface area contributed by atoms with E-state index in [-0.39, 0.29) is 10.6 Å². The van der Waals surface area contributed by atoms with Crippen LogP contribution >= 0.6 is 15.9 Å². The van der Waals surface area contributed by atoms with E-state index in [9.17, 15) is 10.1 Å². The van der Waals surface area contributed by atoms with Crippen molar-refractivity contribution in [2.75, 3.05) is 0 Å². The number of halogens is 1. The summed E-state index contributed by atoms with van der Waals surface area (Å²) in [6, 6.07) is 5.27.